The second-order valence-electron chi connectivity index (χ2n) is 10.0. The van der Waals surface area contributed by atoms with Gasteiger partial charge >= 0.3 is 0 Å². The lowest BCUT2D eigenvalue weighted by Crippen LogP contribution is -2.31. The van der Waals surface area contributed by atoms with Crippen molar-refractivity contribution in [2.75, 3.05) is 23.7 Å². The maximum Gasteiger partial charge on any atom is 0.281 e. The monoisotopic (exact) mass is 573 g/mol. The van der Waals surface area contributed by atoms with Crippen LogP contribution in [-0.2, 0) is 10.0 Å². The average Bonchev–Trinajstić information content (AvgIpc) is 2.95. The van der Waals surface area contributed by atoms with Crippen molar-refractivity contribution in [3.05, 3.63) is 77.0 Å². The predicted octanol–water partition coefficient (Wildman–Crippen LogP) is 4.34. The molecule has 0 bridgehead atoms. The number of carbonyl (C=O) groups excluding carboxylic acids is 1. The molecule has 12 heteroatoms. The van der Waals surface area contributed by atoms with Crippen molar-refractivity contribution in [3.63, 3.8) is 0 Å². The number of nitrogen functional groups attached to an aromatic ring is 1. The van der Waals surface area contributed by atoms with Crippen molar-refractivity contribution >= 4 is 27.7 Å². The van der Waals surface area contributed by atoms with Gasteiger partial charge in [-0.1, -0.05) is 23.8 Å². The van der Waals surface area contributed by atoms with Crippen molar-refractivity contribution in [2.24, 2.45) is 0 Å². The van der Waals surface area contributed by atoms with Gasteiger partial charge in [0.15, 0.2) is 5.03 Å². The molecule has 11 nitrogen and oxygen atoms in total. The van der Waals surface area contributed by atoms with Crippen molar-refractivity contribution in [3.8, 4) is 23.0 Å². The van der Waals surface area contributed by atoms with E-state index in [0.717, 1.165) is 42.6 Å². The van der Waals surface area contributed by atoms with E-state index in [1.165, 1.54) is 30.7 Å². The van der Waals surface area contributed by atoms with Gasteiger partial charge in [0.25, 0.3) is 15.9 Å². The minimum atomic E-state index is -4.32. The largest absolute Gasteiger partial charge is 0.438 e. The fraction of sp³-hybridized carbons (Fsp3) is 0.276. The van der Waals surface area contributed by atoms with E-state index in [4.69, 9.17) is 15.5 Å². The maximum atomic E-state index is 13.4. The van der Waals surface area contributed by atoms with Gasteiger partial charge in [0, 0.05) is 19.3 Å². The molecule has 3 N–H and O–H groups in total. The number of ether oxygens (including phenoxy) is 1. The van der Waals surface area contributed by atoms with E-state index < -0.39 is 15.9 Å². The molecule has 0 spiro atoms. The van der Waals surface area contributed by atoms with Crippen molar-refractivity contribution < 1.29 is 17.9 Å². The highest BCUT2D eigenvalue weighted by atomic mass is 32.2. The standard InChI is InChI=1S/C29H31N7O4S/c1-18-16-19(2)26(20(3)17-18)40-28-21(27(37)35-41(38,39)25-9-7-8-24(30)34-25)10-11-22(32-28)23-12-13-31-29(33-23)36-14-5-4-6-15-36/h7-13,16-17H,4-6,14-15H2,1-3H3,(H2,30,34)(H,35,37). The summed E-state index contributed by atoms with van der Waals surface area (Å²) in [7, 11) is -4.32. The van der Waals surface area contributed by atoms with Crippen molar-refractivity contribution in [2.45, 2.75) is 45.1 Å². The van der Waals surface area contributed by atoms with Gasteiger partial charge in [-0.15, -0.1) is 0 Å². The highest BCUT2D eigenvalue weighted by molar-refractivity contribution is 7.90. The molecule has 1 amide bonds. The number of nitrogens with zero attached hydrogens (tertiary/aromatic N) is 5. The second-order valence-corrected chi connectivity index (χ2v) is 11.6. The van der Waals surface area contributed by atoms with Gasteiger partial charge in [-0.05, 0) is 81.5 Å². The Morgan fingerprint density at radius 1 is 0.927 bits per heavy atom. The molecule has 0 aliphatic carbocycles. The van der Waals surface area contributed by atoms with Crippen LogP contribution in [-0.4, -0.2) is 47.4 Å². The molecule has 0 unspecified atom stereocenters. The molecule has 0 saturated carbocycles. The summed E-state index contributed by atoms with van der Waals surface area (Å²) < 4.78 is 34.1. The molecule has 0 radical (unpaired) electrons. The number of anilines is 2. The van der Waals surface area contributed by atoms with E-state index in [-0.39, 0.29) is 22.3 Å². The Morgan fingerprint density at radius 3 is 2.34 bits per heavy atom. The number of sulfonamides is 1. The summed E-state index contributed by atoms with van der Waals surface area (Å²) in [5, 5.41) is -0.380. The molecule has 1 saturated heterocycles. The minimum Gasteiger partial charge on any atom is -0.438 e. The number of hydrogen-bond acceptors (Lipinski definition) is 10. The lowest BCUT2D eigenvalue weighted by molar-refractivity contribution is 0.0978. The number of benzene rings is 1. The third kappa shape index (κ3) is 6.27. The number of nitrogens with two attached hydrogens (primary N) is 1. The number of aryl methyl sites for hydroxylation is 3. The van der Waals surface area contributed by atoms with Crippen LogP contribution in [0.1, 0.15) is 46.3 Å². The van der Waals surface area contributed by atoms with Crippen LogP contribution in [0.5, 0.6) is 11.6 Å². The van der Waals surface area contributed by atoms with Gasteiger partial charge in [0.05, 0.1) is 11.4 Å². The summed E-state index contributed by atoms with van der Waals surface area (Å²) in [5.41, 5.74) is 9.29. The zero-order valence-electron chi connectivity index (χ0n) is 23.1. The smallest absolute Gasteiger partial charge is 0.281 e. The molecule has 1 fully saturated rings. The second kappa shape index (κ2) is 11.5. The Labute approximate surface area is 238 Å². The number of nitrogens with one attached hydrogen (secondary N) is 1. The maximum absolute atomic E-state index is 13.4. The Bertz CT molecular complexity index is 1700. The lowest BCUT2D eigenvalue weighted by Gasteiger charge is -2.26. The van der Waals surface area contributed by atoms with Crippen LogP contribution in [0.3, 0.4) is 0 Å². The summed E-state index contributed by atoms with van der Waals surface area (Å²) >= 11 is 0. The first-order valence-corrected chi connectivity index (χ1v) is 14.7. The van der Waals surface area contributed by atoms with Gasteiger partial charge in [0.2, 0.25) is 11.8 Å². The number of pyridine rings is 2. The molecule has 0 atom stereocenters. The van der Waals surface area contributed by atoms with Crippen molar-refractivity contribution in [1.82, 2.24) is 24.7 Å². The highest BCUT2D eigenvalue weighted by Gasteiger charge is 2.25. The Kier molecular flexibility index (Phi) is 7.84. The van der Waals surface area contributed by atoms with Crippen LogP contribution in [0.15, 0.2) is 59.8 Å². The highest BCUT2D eigenvalue weighted by Crippen LogP contribution is 2.32. The molecule has 1 aromatic carbocycles. The van der Waals surface area contributed by atoms with Gasteiger partial charge in [-0.3, -0.25) is 4.79 Å². The topological polar surface area (TPSA) is 153 Å². The van der Waals surface area contributed by atoms with E-state index in [1.54, 1.807) is 18.3 Å². The third-order valence-electron chi connectivity index (χ3n) is 6.70. The predicted molar refractivity (Wildman–Crippen MR) is 155 cm³/mol. The van der Waals surface area contributed by atoms with Crippen LogP contribution in [0.4, 0.5) is 11.8 Å². The number of aromatic nitrogens is 4. The zero-order valence-corrected chi connectivity index (χ0v) is 23.9. The van der Waals surface area contributed by atoms with E-state index in [1.807, 2.05) is 32.9 Å². The minimum absolute atomic E-state index is 0.00876. The molecule has 4 aromatic rings. The number of piperidine rings is 1. The Balaban J connectivity index is 1.54. The number of amides is 1. The lowest BCUT2D eigenvalue weighted by atomic mass is 10.1. The van der Waals surface area contributed by atoms with Crippen LogP contribution in [0.25, 0.3) is 11.4 Å². The van der Waals surface area contributed by atoms with Gasteiger partial charge < -0.3 is 15.4 Å². The van der Waals surface area contributed by atoms with E-state index in [2.05, 4.69) is 24.6 Å². The van der Waals surface area contributed by atoms with Crippen LogP contribution < -0.4 is 20.1 Å². The molecule has 3 aromatic heterocycles. The fourth-order valence-corrected chi connectivity index (χ4v) is 5.75. The molecule has 1 aliphatic heterocycles. The average molecular weight is 574 g/mol. The summed E-state index contributed by atoms with van der Waals surface area (Å²) in [6.07, 6.45) is 5.02. The first kappa shape index (κ1) is 28.0. The van der Waals surface area contributed by atoms with E-state index in [9.17, 15) is 13.2 Å². The van der Waals surface area contributed by atoms with E-state index >= 15 is 0 Å². The molecular formula is C29H31N7O4S. The Morgan fingerprint density at radius 2 is 1.63 bits per heavy atom. The van der Waals surface area contributed by atoms with Crippen LogP contribution in [0, 0.1) is 20.8 Å². The first-order valence-electron chi connectivity index (χ1n) is 13.3. The molecule has 4 heterocycles. The van der Waals surface area contributed by atoms with Gasteiger partial charge in [0.1, 0.15) is 17.1 Å². The van der Waals surface area contributed by atoms with Crippen LogP contribution >= 0.6 is 0 Å². The molecule has 41 heavy (non-hydrogen) atoms. The SMILES string of the molecule is Cc1cc(C)c(Oc2nc(-c3ccnc(N4CCCCC4)n3)ccc2C(=O)NS(=O)(=O)c2cccc(N)n2)c(C)c1. The molecular weight excluding hydrogens is 542 g/mol. The summed E-state index contributed by atoms with van der Waals surface area (Å²) in [6.45, 7) is 7.53. The quantitative estimate of drug-likeness (QED) is 0.326. The van der Waals surface area contributed by atoms with Gasteiger partial charge in [-0.25, -0.2) is 24.7 Å². The fourth-order valence-electron chi connectivity index (χ4n) is 4.81. The zero-order chi connectivity index (χ0) is 29.1. The first-order chi connectivity index (χ1) is 19.6. The summed E-state index contributed by atoms with van der Waals surface area (Å²) in [4.78, 5) is 33.1. The molecule has 5 rings (SSSR count). The van der Waals surface area contributed by atoms with Gasteiger partial charge in [-0.2, -0.15) is 8.42 Å². The Hall–Kier alpha value is -4.58. The van der Waals surface area contributed by atoms with Crippen molar-refractivity contribution in [1.29, 1.82) is 0 Å². The number of rotatable bonds is 7. The molecule has 1 aliphatic rings. The normalized spacial score (nSPS) is 13.6. The summed E-state index contributed by atoms with van der Waals surface area (Å²) in [5.74, 6) is 0.145. The summed E-state index contributed by atoms with van der Waals surface area (Å²) in [6, 6.07) is 12.9. The third-order valence-corrected chi connectivity index (χ3v) is 7.93. The van der Waals surface area contributed by atoms with Crippen LogP contribution in [0.2, 0.25) is 0 Å². The number of carbonyl (C=O) groups is 1. The van der Waals surface area contributed by atoms with E-state index in [0.29, 0.717) is 23.1 Å². The molecule has 212 valence electrons. The number of hydrogen-bond donors (Lipinski definition) is 2.